The van der Waals surface area contributed by atoms with Gasteiger partial charge in [0.25, 0.3) is 11.8 Å². The Morgan fingerprint density at radius 3 is 2.08 bits per heavy atom. The van der Waals surface area contributed by atoms with Gasteiger partial charge in [-0.25, -0.2) is 0 Å². The Labute approximate surface area is 148 Å². The molecule has 0 bridgehead atoms. The molecule has 1 aromatic heterocycles. The van der Waals surface area contributed by atoms with Gasteiger partial charge < -0.3 is 10.6 Å². The predicted octanol–water partition coefficient (Wildman–Crippen LogP) is 3.64. The highest BCUT2D eigenvalue weighted by Crippen LogP contribution is 2.22. The Hall–Kier alpha value is -2.69. The van der Waals surface area contributed by atoms with Gasteiger partial charge >= 0.3 is 0 Å². The molecular formula is C20H25N3O2. The average molecular weight is 339 g/mol. The molecule has 0 aliphatic heterocycles. The summed E-state index contributed by atoms with van der Waals surface area (Å²) in [5.41, 5.74) is 4.69. The van der Waals surface area contributed by atoms with Crippen LogP contribution in [0.4, 0.5) is 5.69 Å². The fraction of sp³-hybridized carbons (Fsp3) is 0.350. The summed E-state index contributed by atoms with van der Waals surface area (Å²) in [6, 6.07) is 5.62. The van der Waals surface area contributed by atoms with Crippen LogP contribution in [0, 0.1) is 26.7 Å². The third-order valence-electron chi connectivity index (χ3n) is 3.85. The summed E-state index contributed by atoms with van der Waals surface area (Å²) < 4.78 is 0. The van der Waals surface area contributed by atoms with Crippen LogP contribution >= 0.6 is 0 Å². The van der Waals surface area contributed by atoms with Gasteiger partial charge in [0.15, 0.2) is 0 Å². The summed E-state index contributed by atoms with van der Waals surface area (Å²) in [5, 5.41) is 5.76. The number of pyridine rings is 1. The fourth-order valence-corrected chi connectivity index (χ4v) is 2.65. The first-order valence-corrected chi connectivity index (χ1v) is 8.40. The molecule has 0 unspecified atom stereocenters. The first-order chi connectivity index (χ1) is 11.8. The summed E-state index contributed by atoms with van der Waals surface area (Å²) in [7, 11) is 0. The normalized spacial score (nSPS) is 10.6. The molecule has 0 spiro atoms. The molecule has 0 aliphatic carbocycles. The largest absolute Gasteiger partial charge is 0.352 e. The summed E-state index contributed by atoms with van der Waals surface area (Å²) in [6.07, 6.45) is 2.93. The number of aromatic nitrogens is 1. The van der Waals surface area contributed by atoms with Crippen LogP contribution in [0.1, 0.15) is 51.3 Å². The first kappa shape index (κ1) is 18.6. The minimum Gasteiger partial charge on any atom is -0.352 e. The van der Waals surface area contributed by atoms with E-state index in [1.807, 2.05) is 46.8 Å². The summed E-state index contributed by atoms with van der Waals surface area (Å²) >= 11 is 0. The van der Waals surface area contributed by atoms with Crippen LogP contribution in [0.3, 0.4) is 0 Å². The van der Waals surface area contributed by atoms with Crippen LogP contribution in [-0.4, -0.2) is 23.3 Å². The molecule has 2 N–H and O–H groups in total. The summed E-state index contributed by atoms with van der Waals surface area (Å²) in [4.78, 5) is 28.7. The van der Waals surface area contributed by atoms with E-state index in [1.54, 1.807) is 6.07 Å². The van der Waals surface area contributed by atoms with Crippen molar-refractivity contribution in [3.63, 3.8) is 0 Å². The molecule has 1 heterocycles. The number of carbonyl (C=O) groups is 2. The minimum absolute atomic E-state index is 0.224. The second-order valence-corrected chi connectivity index (χ2v) is 6.79. The SMILES string of the molecule is Cc1cc(C)c(NC(=O)c2cncc(C(=O)NCC(C)C)c2)c(C)c1. The Bertz CT molecular complexity index is 774. The third-order valence-corrected chi connectivity index (χ3v) is 3.85. The van der Waals surface area contributed by atoms with Crippen LogP contribution in [-0.2, 0) is 0 Å². The second kappa shape index (κ2) is 7.92. The van der Waals surface area contributed by atoms with E-state index in [0.29, 0.717) is 23.6 Å². The van der Waals surface area contributed by atoms with Gasteiger partial charge in [0.05, 0.1) is 11.1 Å². The van der Waals surface area contributed by atoms with E-state index in [4.69, 9.17) is 0 Å². The Kier molecular flexibility index (Phi) is 5.91. The van der Waals surface area contributed by atoms with E-state index < -0.39 is 0 Å². The second-order valence-electron chi connectivity index (χ2n) is 6.79. The van der Waals surface area contributed by atoms with E-state index >= 15 is 0 Å². The standard InChI is InChI=1S/C20H25N3O2/c1-12(2)9-22-19(24)16-8-17(11-21-10-16)20(25)23-18-14(4)6-13(3)7-15(18)5/h6-8,10-12H,9H2,1-5H3,(H,22,24)(H,23,25). The Balaban J connectivity index is 2.18. The van der Waals surface area contributed by atoms with Crippen molar-refractivity contribution in [1.29, 1.82) is 0 Å². The van der Waals surface area contributed by atoms with Crippen molar-refractivity contribution in [1.82, 2.24) is 10.3 Å². The molecular weight excluding hydrogens is 314 g/mol. The van der Waals surface area contributed by atoms with Crippen molar-refractivity contribution in [3.05, 3.63) is 58.4 Å². The maximum Gasteiger partial charge on any atom is 0.257 e. The van der Waals surface area contributed by atoms with Crippen molar-refractivity contribution in [2.24, 2.45) is 5.92 Å². The van der Waals surface area contributed by atoms with Crippen molar-refractivity contribution in [2.75, 3.05) is 11.9 Å². The van der Waals surface area contributed by atoms with Gasteiger partial charge in [-0.15, -0.1) is 0 Å². The zero-order chi connectivity index (χ0) is 18.6. The number of hydrogen-bond donors (Lipinski definition) is 2. The molecule has 0 saturated heterocycles. The third kappa shape index (κ3) is 4.89. The lowest BCUT2D eigenvalue weighted by molar-refractivity contribution is 0.0948. The van der Waals surface area contributed by atoms with E-state index in [1.165, 1.54) is 12.4 Å². The Morgan fingerprint density at radius 1 is 0.960 bits per heavy atom. The first-order valence-electron chi connectivity index (χ1n) is 8.40. The minimum atomic E-state index is -0.277. The van der Waals surface area contributed by atoms with Gasteiger partial charge in [-0.3, -0.25) is 14.6 Å². The van der Waals surface area contributed by atoms with Crippen LogP contribution < -0.4 is 10.6 Å². The van der Waals surface area contributed by atoms with Crippen LogP contribution in [0.25, 0.3) is 0 Å². The lowest BCUT2D eigenvalue weighted by Gasteiger charge is -2.13. The van der Waals surface area contributed by atoms with Crippen molar-refractivity contribution in [3.8, 4) is 0 Å². The fourth-order valence-electron chi connectivity index (χ4n) is 2.65. The van der Waals surface area contributed by atoms with Gasteiger partial charge in [0.1, 0.15) is 0 Å². The maximum atomic E-state index is 12.6. The van der Waals surface area contributed by atoms with Gasteiger partial charge in [0, 0.05) is 24.6 Å². The molecule has 1 aromatic carbocycles. The number of amides is 2. The molecule has 5 heteroatoms. The number of carbonyl (C=O) groups excluding carboxylic acids is 2. The number of rotatable bonds is 5. The molecule has 2 aromatic rings. The molecule has 5 nitrogen and oxygen atoms in total. The van der Waals surface area contributed by atoms with Crippen LogP contribution in [0.15, 0.2) is 30.6 Å². The average Bonchev–Trinajstić information content (AvgIpc) is 2.55. The zero-order valence-electron chi connectivity index (χ0n) is 15.4. The van der Waals surface area contributed by atoms with Gasteiger partial charge in [-0.05, 0) is 43.9 Å². The number of nitrogens with one attached hydrogen (secondary N) is 2. The summed E-state index contributed by atoms with van der Waals surface area (Å²) in [5.74, 6) is -0.143. The monoisotopic (exact) mass is 339 g/mol. The lowest BCUT2D eigenvalue weighted by atomic mass is 10.0. The smallest absolute Gasteiger partial charge is 0.257 e. The summed E-state index contributed by atoms with van der Waals surface area (Å²) in [6.45, 7) is 10.6. The zero-order valence-corrected chi connectivity index (χ0v) is 15.4. The molecule has 132 valence electrons. The maximum absolute atomic E-state index is 12.6. The highest BCUT2D eigenvalue weighted by molar-refractivity contribution is 6.06. The lowest BCUT2D eigenvalue weighted by Crippen LogP contribution is -2.27. The van der Waals surface area contributed by atoms with E-state index in [9.17, 15) is 9.59 Å². The van der Waals surface area contributed by atoms with Crippen molar-refractivity contribution < 1.29 is 9.59 Å². The molecule has 25 heavy (non-hydrogen) atoms. The highest BCUT2D eigenvalue weighted by atomic mass is 16.2. The van der Waals surface area contributed by atoms with Gasteiger partial charge in [0.2, 0.25) is 0 Å². The molecule has 2 amide bonds. The molecule has 0 aliphatic rings. The number of aryl methyl sites for hydroxylation is 3. The van der Waals surface area contributed by atoms with Crippen molar-refractivity contribution >= 4 is 17.5 Å². The van der Waals surface area contributed by atoms with E-state index in [-0.39, 0.29) is 11.8 Å². The molecule has 0 radical (unpaired) electrons. The molecule has 2 rings (SSSR count). The van der Waals surface area contributed by atoms with Crippen LogP contribution in [0.5, 0.6) is 0 Å². The Morgan fingerprint density at radius 2 is 1.52 bits per heavy atom. The van der Waals surface area contributed by atoms with E-state index in [2.05, 4.69) is 15.6 Å². The predicted molar refractivity (Wildman–Crippen MR) is 100 cm³/mol. The van der Waals surface area contributed by atoms with Crippen molar-refractivity contribution in [2.45, 2.75) is 34.6 Å². The van der Waals surface area contributed by atoms with Gasteiger partial charge in [-0.1, -0.05) is 31.5 Å². The number of nitrogens with zero attached hydrogens (tertiary/aromatic N) is 1. The number of benzene rings is 1. The van der Waals surface area contributed by atoms with E-state index in [0.717, 1.165) is 22.4 Å². The van der Waals surface area contributed by atoms with Crippen LogP contribution in [0.2, 0.25) is 0 Å². The quantitative estimate of drug-likeness (QED) is 0.873. The molecule has 0 atom stereocenters. The highest BCUT2D eigenvalue weighted by Gasteiger charge is 2.14. The topological polar surface area (TPSA) is 71.1 Å². The molecule has 0 fully saturated rings. The number of hydrogen-bond acceptors (Lipinski definition) is 3. The molecule has 0 saturated carbocycles. The van der Waals surface area contributed by atoms with Gasteiger partial charge in [-0.2, -0.15) is 0 Å². The number of anilines is 1.